The van der Waals surface area contributed by atoms with Gasteiger partial charge < -0.3 is 4.90 Å². The Balaban J connectivity index is 1.39. The number of rotatable bonds is 10. The first-order chi connectivity index (χ1) is 19.8. The molecule has 0 N–H and O–H groups in total. The lowest BCUT2D eigenvalue weighted by Crippen LogP contribution is -2.09. The molecule has 0 amide bonds. The summed E-state index contributed by atoms with van der Waals surface area (Å²) in [7, 11) is 0. The second-order valence-electron chi connectivity index (χ2n) is 9.77. The van der Waals surface area contributed by atoms with E-state index in [0.29, 0.717) is 0 Å². The molecule has 0 atom stereocenters. The molecule has 1 aromatic heterocycles. The lowest BCUT2D eigenvalue weighted by molar-refractivity contribution is 0.360. The number of para-hydroxylation sites is 2. The summed E-state index contributed by atoms with van der Waals surface area (Å²) in [6.45, 7) is 2.93. The van der Waals surface area contributed by atoms with Crippen molar-refractivity contribution in [2.75, 3.05) is 11.5 Å². The zero-order chi connectivity index (χ0) is 27.1. The molecule has 3 nitrogen and oxygen atoms in total. The van der Waals surface area contributed by atoms with E-state index < -0.39 is 0 Å². The van der Waals surface area contributed by atoms with E-state index >= 15 is 0 Å². The number of benzene rings is 5. The minimum absolute atomic E-state index is 0.742. The highest BCUT2D eigenvalue weighted by atomic mass is 32.2. The van der Waals surface area contributed by atoms with Crippen molar-refractivity contribution in [3.05, 3.63) is 139 Å². The van der Waals surface area contributed by atoms with Crippen LogP contribution in [0.2, 0.25) is 0 Å². The summed E-state index contributed by atoms with van der Waals surface area (Å²) in [5.41, 5.74) is 8.03. The quantitative estimate of drug-likeness (QED) is 0.0977. The van der Waals surface area contributed by atoms with Crippen LogP contribution in [-0.2, 0) is 4.18 Å². The molecule has 0 bridgehead atoms. The smallest absolute Gasteiger partial charge is 0.119 e. The second kappa shape index (κ2) is 12.3. The van der Waals surface area contributed by atoms with Crippen LogP contribution in [0.15, 0.2) is 127 Å². The van der Waals surface area contributed by atoms with Gasteiger partial charge in [-0.15, -0.1) is 0 Å². The molecule has 0 aliphatic rings. The number of hydrogen-bond acceptors (Lipinski definition) is 3. The third-order valence-electron chi connectivity index (χ3n) is 7.01. The summed E-state index contributed by atoms with van der Waals surface area (Å²) in [5, 5.41) is 2.43. The Labute approximate surface area is 240 Å². The van der Waals surface area contributed by atoms with Crippen LogP contribution < -0.4 is 4.90 Å². The van der Waals surface area contributed by atoms with Crippen LogP contribution in [0, 0.1) is 0 Å². The Bertz CT molecular complexity index is 1720. The van der Waals surface area contributed by atoms with Crippen molar-refractivity contribution in [2.24, 2.45) is 0 Å². The first kappa shape index (κ1) is 26.0. The van der Waals surface area contributed by atoms with E-state index in [9.17, 15) is 0 Å². The summed E-state index contributed by atoms with van der Waals surface area (Å²) in [4.78, 5) is 2.32. The molecule has 0 unspecified atom stereocenters. The Morgan fingerprint density at radius 1 is 0.625 bits per heavy atom. The molecular formula is C36H32N2OS. The van der Waals surface area contributed by atoms with E-state index in [1.54, 1.807) is 0 Å². The first-order valence-corrected chi connectivity index (χ1v) is 14.5. The number of anilines is 3. The maximum absolute atomic E-state index is 5.97. The molecule has 0 aliphatic heterocycles. The summed E-state index contributed by atoms with van der Waals surface area (Å²) in [6.07, 6.45) is 6.49. The highest BCUT2D eigenvalue weighted by Gasteiger charge is 2.17. The van der Waals surface area contributed by atoms with E-state index in [1.165, 1.54) is 34.1 Å². The van der Waals surface area contributed by atoms with E-state index in [0.717, 1.165) is 47.5 Å². The van der Waals surface area contributed by atoms with Gasteiger partial charge in [-0.1, -0.05) is 104 Å². The molecule has 4 heteroatoms. The van der Waals surface area contributed by atoms with Gasteiger partial charge in [-0.3, -0.25) is 8.16 Å². The molecule has 40 heavy (non-hydrogen) atoms. The standard InChI is InChI=1S/C36H32N2OS/c1-2-3-26-39-40-38-35-17-11-10-16-33(35)34-27-32(24-25-36(34)38)37(30-14-8-5-9-15-30)31-22-20-29(21-23-31)19-18-28-12-6-4-7-13-28/h4-25,27H,2-3,26H2,1H3/b19-18+. The van der Waals surface area contributed by atoms with Gasteiger partial charge in [0.1, 0.15) is 12.2 Å². The van der Waals surface area contributed by atoms with Gasteiger partial charge in [0.05, 0.1) is 17.6 Å². The van der Waals surface area contributed by atoms with Crippen LogP contribution in [0.1, 0.15) is 30.9 Å². The molecule has 0 fully saturated rings. The summed E-state index contributed by atoms with van der Waals surface area (Å²) in [5.74, 6) is 0. The molecule has 6 rings (SSSR count). The molecule has 6 aromatic rings. The minimum atomic E-state index is 0.742. The maximum atomic E-state index is 5.97. The summed E-state index contributed by atoms with van der Waals surface area (Å²) < 4.78 is 8.19. The number of fused-ring (bicyclic) bond motifs is 3. The van der Waals surface area contributed by atoms with Crippen LogP contribution in [0.4, 0.5) is 17.1 Å². The average molecular weight is 541 g/mol. The van der Waals surface area contributed by atoms with E-state index in [4.69, 9.17) is 4.18 Å². The van der Waals surface area contributed by atoms with Gasteiger partial charge in [0.15, 0.2) is 0 Å². The summed E-state index contributed by atoms with van der Waals surface area (Å²) >= 11 is 1.43. The zero-order valence-corrected chi connectivity index (χ0v) is 23.4. The molecule has 0 radical (unpaired) electrons. The fourth-order valence-corrected chi connectivity index (χ4v) is 5.73. The highest BCUT2D eigenvalue weighted by Crippen LogP contribution is 2.39. The van der Waals surface area contributed by atoms with Crippen molar-refractivity contribution in [3.8, 4) is 0 Å². The third-order valence-corrected chi connectivity index (χ3v) is 7.83. The fourth-order valence-electron chi connectivity index (χ4n) is 4.95. The van der Waals surface area contributed by atoms with Crippen molar-refractivity contribution in [3.63, 3.8) is 0 Å². The van der Waals surface area contributed by atoms with Gasteiger partial charge in [0.25, 0.3) is 0 Å². The van der Waals surface area contributed by atoms with E-state index in [2.05, 4.69) is 149 Å². The third kappa shape index (κ3) is 5.55. The molecule has 198 valence electrons. The average Bonchev–Trinajstić information content (AvgIpc) is 3.33. The molecule has 0 saturated carbocycles. The molecule has 1 heterocycles. The number of aromatic nitrogens is 1. The number of hydrogen-bond donors (Lipinski definition) is 0. The Morgan fingerprint density at radius 3 is 1.98 bits per heavy atom. The maximum Gasteiger partial charge on any atom is 0.119 e. The molecule has 0 spiro atoms. The van der Waals surface area contributed by atoms with Crippen LogP contribution in [0.25, 0.3) is 34.0 Å². The predicted molar refractivity (Wildman–Crippen MR) is 173 cm³/mol. The van der Waals surface area contributed by atoms with Gasteiger partial charge in [-0.2, -0.15) is 0 Å². The lowest BCUT2D eigenvalue weighted by atomic mass is 10.1. The molecule has 0 aliphatic carbocycles. The summed E-state index contributed by atoms with van der Waals surface area (Å²) in [6, 6.07) is 45.0. The highest BCUT2D eigenvalue weighted by molar-refractivity contribution is 7.93. The largest absolute Gasteiger partial charge is 0.310 e. The second-order valence-corrected chi connectivity index (χ2v) is 10.5. The van der Waals surface area contributed by atoms with Gasteiger partial charge in [-0.25, -0.2) is 0 Å². The normalized spacial score (nSPS) is 11.5. The first-order valence-electron chi connectivity index (χ1n) is 13.8. The SMILES string of the molecule is CCCCOSn1c2ccccc2c2cc(N(c3ccccc3)c3ccc(/C=C/c4ccccc4)cc3)ccc21. The topological polar surface area (TPSA) is 17.4 Å². The van der Waals surface area contributed by atoms with Crippen molar-refractivity contribution < 1.29 is 4.18 Å². The van der Waals surface area contributed by atoms with Crippen molar-refractivity contribution in [1.29, 1.82) is 0 Å². The molecule has 0 saturated heterocycles. The molecule has 5 aromatic carbocycles. The zero-order valence-electron chi connectivity index (χ0n) is 22.6. The van der Waals surface area contributed by atoms with Gasteiger partial charge in [-0.05, 0) is 66.1 Å². The van der Waals surface area contributed by atoms with Crippen molar-refractivity contribution in [2.45, 2.75) is 19.8 Å². The van der Waals surface area contributed by atoms with Gasteiger partial charge in [0.2, 0.25) is 0 Å². The minimum Gasteiger partial charge on any atom is -0.310 e. The van der Waals surface area contributed by atoms with E-state index in [-0.39, 0.29) is 0 Å². The van der Waals surface area contributed by atoms with Crippen LogP contribution in [0.3, 0.4) is 0 Å². The lowest BCUT2D eigenvalue weighted by Gasteiger charge is -2.25. The van der Waals surface area contributed by atoms with Crippen LogP contribution >= 0.6 is 12.2 Å². The van der Waals surface area contributed by atoms with Gasteiger partial charge in [0, 0.05) is 27.8 Å². The number of unbranched alkanes of at least 4 members (excludes halogenated alkanes) is 1. The van der Waals surface area contributed by atoms with Crippen LogP contribution in [0.5, 0.6) is 0 Å². The van der Waals surface area contributed by atoms with Crippen LogP contribution in [-0.4, -0.2) is 10.6 Å². The Kier molecular flexibility index (Phi) is 7.99. The van der Waals surface area contributed by atoms with Crippen molar-refractivity contribution >= 4 is 63.2 Å². The Hall–Kier alpha value is -4.25. The number of nitrogens with zero attached hydrogens (tertiary/aromatic N) is 2. The van der Waals surface area contributed by atoms with Gasteiger partial charge >= 0.3 is 0 Å². The van der Waals surface area contributed by atoms with Crippen molar-refractivity contribution in [1.82, 2.24) is 3.97 Å². The predicted octanol–water partition coefficient (Wildman–Crippen LogP) is 10.7. The fraction of sp³-hybridized carbons (Fsp3) is 0.111. The Morgan fingerprint density at radius 2 is 1.23 bits per heavy atom. The molecular weight excluding hydrogens is 508 g/mol. The van der Waals surface area contributed by atoms with E-state index in [1.807, 2.05) is 6.07 Å². The monoisotopic (exact) mass is 540 g/mol.